The van der Waals surface area contributed by atoms with Crippen molar-refractivity contribution in [3.8, 4) is 0 Å². The maximum atomic E-state index is 3.80. The summed E-state index contributed by atoms with van der Waals surface area (Å²) in [6.07, 6.45) is 10.9. The van der Waals surface area contributed by atoms with Crippen LogP contribution in [0.5, 0.6) is 0 Å². The van der Waals surface area contributed by atoms with Crippen LogP contribution in [-0.2, 0) is 0 Å². The topological polar surface area (TPSA) is 15.3 Å². The first-order valence-electron chi connectivity index (χ1n) is 7.58. The summed E-state index contributed by atoms with van der Waals surface area (Å²) in [5, 5.41) is 3.80. The lowest BCUT2D eigenvalue weighted by molar-refractivity contribution is 0.0784. The molecule has 2 heteroatoms. The molecule has 1 N–H and O–H groups in total. The van der Waals surface area contributed by atoms with Gasteiger partial charge < -0.3 is 10.2 Å². The summed E-state index contributed by atoms with van der Waals surface area (Å²) in [7, 11) is 4.56. The monoisotopic (exact) mass is 240 g/mol. The van der Waals surface area contributed by atoms with Gasteiger partial charge >= 0.3 is 0 Å². The molecule has 0 amide bonds. The van der Waals surface area contributed by atoms with Gasteiger partial charge in [-0.3, -0.25) is 0 Å². The molecule has 0 aromatic carbocycles. The molecule has 1 saturated carbocycles. The first-order chi connectivity index (χ1) is 8.17. The average Bonchev–Trinajstić information content (AvgIpc) is 2.57. The summed E-state index contributed by atoms with van der Waals surface area (Å²) in [5.74, 6) is 0. The van der Waals surface area contributed by atoms with Gasteiger partial charge in [-0.05, 0) is 46.3 Å². The second kappa shape index (κ2) is 7.38. The van der Waals surface area contributed by atoms with E-state index in [4.69, 9.17) is 0 Å². The molecule has 2 nitrogen and oxygen atoms in total. The molecule has 1 aliphatic rings. The fourth-order valence-electron chi connectivity index (χ4n) is 3.48. The molecule has 0 aliphatic heterocycles. The first kappa shape index (κ1) is 15.0. The van der Waals surface area contributed by atoms with E-state index in [1.807, 2.05) is 0 Å². The Morgan fingerprint density at radius 2 is 1.65 bits per heavy atom. The van der Waals surface area contributed by atoms with E-state index in [0.717, 1.165) is 6.54 Å². The Kier molecular flexibility index (Phi) is 6.50. The third-order valence-electron chi connectivity index (χ3n) is 4.56. The maximum absolute atomic E-state index is 3.80. The van der Waals surface area contributed by atoms with E-state index in [1.165, 1.54) is 51.4 Å². The van der Waals surface area contributed by atoms with E-state index in [2.05, 4.69) is 38.2 Å². The van der Waals surface area contributed by atoms with Gasteiger partial charge in [0.1, 0.15) is 0 Å². The highest BCUT2D eigenvalue weighted by Gasteiger charge is 2.39. The van der Waals surface area contributed by atoms with Crippen molar-refractivity contribution in [3.05, 3.63) is 0 Å². The van der Waals surface area contributed by atoms with Crippen LogP contribution in [0.4, 0.5) is 0 Å². The maximum Gasteiger partial charge on any atom is 0.0356 e. The lowest BCUT2D eigenvalue weighted by Crippen LogP contribution is -2.58. The van der Waals surface area contributed by atoms with Crippen LogP contribution in [0.25, 0.3) is 0 Å². The van der Waals surface area contributed by atoms with E-state index in [-0.39, 0.29) is 0 Å². The highest BCUT2D eigenvalue weighted by molar-refractivity contribution is 4.99. The second-order valence-electron chi connectivity index (χ2n) is 5.83. The molecule has 1 atom stereocenters. The standard InChI is InChI=1S/C15H32N2/c1-5-13-16-14(6-2)15(17(3)4)11-9-7-8-10-12-15/h14,16H,5-13H2,1-4H3. The van der Waals surface area contributed by atoms with Crippen molar-refractivity contribution in [2.24, 2.45) is 0 Å². The number of likely N-dealkylation sites (N-methyl/N-ethyl adjacent to an activating group) is 1. The summed E-state index contributed by atoms with van der Waals surface area (Å²) >= 11 is 0. The minimum Gasteiger partial charge on any atom is -0.312 e. The molecule has 1 rings (SSSR count). The summed E-state index contributed by atoms with van der Waals surface area (Å²) in [6, 6.07) is 0.663. The lowest BCUT2D eigenvalue weighted by atomic mass is 9.80. The third-order valence-corrected chi connectivity index (χ3v) is 4.56. The predicted molar refractivity (Wildman–Crippen MR) is 76.5 cm³/mol. The Morgan fingerprint density at radius 1 is 1.06 bits per heavy atom. The molecule has 1 unspecified atom stereocenters. The third kappa shape index (κ3) is 3.69. The largest absolute Gasteiger partial charge is 0.312 e. The zero-order valence-electron chi connectivity index (χ0n) is 12.4. The highest BCUT2D eigenvalue weighted by Crippen LogP contribution is 2.35. The van der Waals surface area contributed by atoms with Crippen LogP contribution in [0.2, 0.25) is 0 Å². The molecule has 0 spiro atoms. The number of nitrogens with one attached hydrogen (secondary N) is 1. The summed E-state index contributed by atoms with van der Waals surface area (Å²) in [5.41, 5.74) is 0.403. The van der Waals surface area contributed by atoms with Gasteiger partial charge in [-0.25, -0.2) is 0 Å². The smallest absolute Gasteiger partial charge is 0.0356 e. The molecule has 1 fully saturated rings. The van der Waals surface area contributed by atoms with Crippen molar-refractivity contribution in [1.82, 2.24) is 10.2 Å². The number of hydrogen-bond acceptors (Lipinski definition) is 2. The van der Waals surface area contributed by atoms with E-state index in [1.54, 1.807) is 0 Å². The minimum atomic E-state index is 0.403. The van der Waals surface area contributed by atoms with Crippen LogP contribution < -0.4 is 5.32 Å². The SMILES string of the molecule is CCCNC(CC)C1(N(C)C)CCCCCC1. The second-order valence-corrected chi connectivity index (χ2v) is 5.83. The Hall–Kier alpha value is -0.0800. The van der Waals surface area contributed by atoms with Gasteiger partial charge in [0, 0.05) is 11.6 Å². The van der Waals surface area contributed by atoms with Crippen molar-refractivity contribution in [2.75, 3.05) is 20.6 Å². The van der Waals surface area contributed by atoms with Gasteiger partial charge in [0.2, 0.25) is 0 Å². The van der Waals surface area contributed by atoms with E-state index in [9.17, 15) is 0 Å². The van der Waals surface area contributed by atoms with Crippen LogP contribution in [0, 0.1) is 0 Å². The number of nitrogens with zero attached hydrogens (tertiary/aromatic N) is 1. The number of hydrogen-bond donors (Lipinski definition) is 1. The highest BCUT2D eigenvalue weighted by atomic mass is 15.2. The Bertz CT molecular complexity index is 193. The quantitative estimate of drug-likeness (QED) is 0.716. The zero-order valence-corrected chi connectivity index (χ0v) is 12.4. The fourth-order valence-corrected chi connectivity index (χ4v) is 3.48. The van der Waals surface area contributed by atoms with Crippen molar-refractivity contribution >= 4 is 0 Å². The van der Waals surface area contributed by atoms with Crippen LogP contribution in [0.3, 0.4) is 0 Å². The van der Waals surface area contributed by atoms with Crippen LogP contribution >= 0.6 is 0 Å². The van der Waals surface area contributed by atoms with Crippen LogP contribution in [-0.4, -0.2) is 37.1 Å². The van der Waals surface area contributed by atoms with Gasteiger partial charge in [0.25, 0.3) is 0 Å². The normalized spacial score (nSPS) is 22.4. The van der Waals surface area contributed by atoms with Crippen LogP contribution in [0.1, 0.15) is 65.2 Å². The van der Waals surface area contributed by atoms with Gasteiger partial charge in [0.05, 0.1) is 0 Å². The number of rotatable bonds is 6. The summed E-state index contributed by atoms with van der Waals surface area (Å²) in [4.78, 5) is 2.51. The predicted octanol–water partition coefficient (Wildman–Crippen LogP) is 3.42. The van der Waals surface area contributed by atoms with Crippen LogP contribution in [0.15, 0.2) is 0 Å². The Balaban J connectivity index is 2.78. The molecular weight excluding hydrogens is 208 g/mol. The van der Waals surface area contributed by atoms with Crippen molar-refractivity contribution in [3.63, 3.8) is 0 Å². The fraction of sp³-hybridized carbons (Fsp3) is 1.00. The van der Waals surface area contributed by atoms with Crippen molar-refractivity contribution in [2.45, 2.75) is 76.8 Å². The Morgan fingerprint density at radius 3 is 2.06 bits per heavy atom. The summed E-state index contributed by atoms with van der Waals surface area (Å²) < 4.78 is 0. The zero-order chi connectivity index (χ0) is 12.7. The molecule has 0 saturated heterocycles. The lowest BCUT2D eigenvalue weighted by Gasteiger charge is -2.46. The molecule has 0 aromatic rings. The van der Waals surface area contributed by atoms with E-state index < -0.39 is 0 Å². The van der Waals surface area contributed by atoms with Gasteiger partial charge in [-0.15, -0.1) is 0 Å². The molecule has 0 heterocycles. The first-order valence-corrected chi connectivity index (χ1v) is 7.58. The molecule has 17 heavy (non-hydrogen) atoms. The van der Waals surface area contributed by atoms with E-state index in [0.29, 0.717) is 11.6 Å². The van der Waals surface area contributed by atoms with Crippen molar-refractivity contribution in [1.29, 1.82) is 0 Å². The Labute approximate surface area is 108 Å². The van der Waals surface area contributed by atoms with Gasteiger partial charge in [0.15, 0.2) is 0 Å². The molecular formula is C15H32N2. The van der Waals surface area contributed by atoms with Gasteiger partial charge in [-0.2, -0.15) is 0 Å². The molecule has 0 aromatic heterocycles. The van der Waals surface area contributed by atoms with Gasteiger partial charge in [-0.1, -0.05) is 39.5 Å². The summed E-state index contributed by atoms with van der Waals surface area (Å²) in [6.45, 7) is 5.76. The molecule has 0 radical (unpaired) electrons. The molecule has 1 aliphatic carbocycles. The minimum absolute atomic E-state index is 0.403. The molecule has 102 valence electrons. The average molecular weight is 240 g/mol. The molecule has 0 bridgehead atoms. The van der Waals surface area contributed by atoms with Crippen molar-refractivity contribution < 1.29 is 0 Å². The van der Waals surface area contributed by atoms with E-state index >= 15 is 0 Å².